The summed E-state index contributed by atoms with van der Waals surface area (Å²) in [5, 5.41) is 0. The van der Waals surface area contributed by atoms with Gasteiger partial charge in [-0.1, -0.05) is 153 Å². The van der Waals surface area contributed by atoms with Crippen LogP contribution in [0.2, 0.25) is 0 Å². The van der Waals surface area contributed by atoms with Gasteiger partial charge in [0.15, 0.2) is 0 Å². The van der Waals surface area contributed by atoms with E-state index < -0.39 is 0 Å². The van der Waals surface area contributed by atoms with Crippen molar-refractivity contribution in [2.75, 3.05) is 13.2 Å². The average Bonchev–Trinajstić information content (AvgIpc) is 2.92. The van der Waals surface area contributed by atoms with Gasteiger partial charge in [0.2, 0.25) is 0 Å². The molecular formula is C34H60Na4O2. The molecule has 40 heavy (non-hydrogen) atoms. The first-order chi connectivity index (χ1) is 17.9. The second-order valence-electron chi connectivity index (χ2n) is 9.98. The zero-order valence-corrected chi connectivity index (χ0v) is 35.7. The normalized spacial score (nSPS) is 9.45. The molecular weight excluding hydrogens is 532 g/mol. The van der Waals surface area contributed by atoms with Crippen LogP contribution >= 0.6 is 0 Å². The molecule has 0 fully saturated rings. The Morgan fingerprint density at radius 3 is 0.900 bits per heavy atom. The van der Waals surface area contributed by atoms with Crippen molar-refractivity contribution in [3.63, 3.8) is 0 Å². The number of hydrogen-bond acceptors (Lipinski definition) is 2. The minimum atomic E-state index is 0. The summed E-state index contributed by atoms with van der Waals surface area (Å²) in [6.07, 6.45) is 24.5. The summed E-state index contributed by atoms with van der Waals surface area (Å²) < 4.78 is 11.3. The quantitative estimate of drug-likeness (QED) is 0.138. The number of benzene rings is 2. The minimum Gasteiger partial charge on any atom is -1.00 e. The molecule has 2 aromatic carbocycles. The Hall–Kier alpha value is 2.04. The average molecular weight is 593 g/mol. The molecule has 0 N–H and O–H groups in total. The molecule has 0 amide bonds. The van der Waals surface area contributed by atoms with E-state index in [1.165, 1.54) is 116 Å². The maximum Gasteiger partial charge on any atom is 1.00 e. The molecule has 0 saturated heterocycles. The maximum absolute atomic E-state index is 5.68. The molecule has 0 unspecified atom stereocenters. The Balaban J connectivity index is -0.0000000834. The predicted molar refractivity (Wildman–Crippen MR) is 163 cm³/mol. The van der Waals surface area contributed by atoms with Crippen LogP contribution in [0, 0.1) is 0 Å². The van der Waals surface area contributed by atoms with Crippen molar-refractivity contribution < 1.29 is 133 Å². The van der Waals surface area contributed by atoms with Crippen LogP contribution in [0.3, 0.4) is 0 Å². The van der Waals surface area contributed by atoms with Gasteiger partial charge in [-0.25, -0.2) is 0 Å². The molecule has 2 nitrogen and oxygen atoms in total. The Morgan fingerprint density at radius 1 is 0.375 bits per heavy atom. The van der Waals surface area contributed by atoms with Gasteiger partial charge in [-0.2, -0.15) is 0 Å². The molecule has 0 saturated carbocycles. The first-order valence-corrected chi connectivity index (χ1v) is 15.2. The van der Waals surface area contributed by atoms with Crippen LogP contribution in [0.5, 0.6) is 11.5 Å². The van der Waals surface area contributed by atoms with E-state index in [0.717, 1.165) is 24.7 Å². The smallest absolute Gasteiger partial charge is 1.00 e. The Labute approximate surface area is 343 Å². The largest absolute Gasteiger partial charge is 1.00 e. The second kappa shape index (κ2) is 41.0. The van der Waals surface area contributed by atoms with E-state index >= 15 is 0 Å². The third-order valence-electron chi connectivity index (χ3n) is 6.52. The molecule has 0 aliphatic carbocycles. The topological polar surface area (TPSA) is 18.5 Å². The molecule has 6 heteroatoms. The van der Waals surface area contributed by atoms with E-state index in [1.54, 1.807) is 0 Å². The third-order valence-corrected chi connectivity index (χ3v) is 6.52. The van der Waals surface area contributed by atoms with Crippen LogP contribution < -0.4 is 128 Å². The van der Waals surface area contributed by atoms with E-state index in [0.29, 0.717) is 0 Å². The minimum absolute atomic E-state index is 0. The van der Waals surface area contributed by atoms with Crippen LogP contribution in [0.15, 0.2) is 60.7 Å². The van der Waals surface area contributed by atoms with Crippen LogP contribution in [-0.4, -0.2) is 13.2 Å². The first-order valence-electron chi connectivity index (χ1n) is 15.2. The van der Waals surface area contributed by atoms with Crippen molar-refractivity contribution in [2.24, 2.45) is 0 Å². The molecule has 0 bridgehead atoms. The summed E-state index contributed by atoms with van der Waals surface area (Å²) in [5.41, 5.74) is 0. The van der Waals surface area contributed by atoms with Gasteiger partial charge in [0.1, 0.15) is 11.5 Å². The maximum atomic E-state index is 5.68. The molecule has 212 valence electrons. The van der Waals surface area contributed by atoms with Crippen molar-refractivity contribution in [2.45, 2.75) is 129 Å². The molecule has 0 spiro atoms. The van der Waals surface area contributed by atoms with Crippen LogP contribution in [0.1, 0.15) is 135 Å². The van der Waals surface area contributed by atoms with Crippen LogP contribution in [0.25, 0.3) is 0 Å². The van der Waals surface area contributed by atoms with E-state index in [2.05, 4.69) is 13.8 Å². The van der Waals surface area contributed by atoms with E-state index in [9.17, 15) is 0 Å². The molecule has 0 aliphatic heterocycles. The Bertz CT molecular complexity index is 693. The number of ether oxygens (including phenoxy) is 2. The van der Waals surface area contributed by atoms with Crippen molar-refractivity contribution in [3.05, 3.63) is 60.7 Å². The van der Waals surface area contributed by atoms with E-state index in [1.807, 2.05) is 60.7 Å². The van der Waals surface area contributed by atoms with Crippen molar-refractivity contribution in [3.8, 4) is 11.5 Å². The SMILES string of the molecule is CCCCCCCCCCCCOc1ccccc1.CCCCCCCCCCOc1ccccc1.[H-].[H-].[H-].[H-].[Na+].[Na+].[Na+].[Na+]. The predicted octanol–water partition coefficient (Wildman–Crippen LogP) is -0.342. The molecule has 0 heterocycles. The number of rotatable bonds is 22. The van der Waals surface area contributed by atoms with E-state index in [4.69, 9.17) is 9.47 Å². The fourth-order valence-electron chi connectivity index (χ4n) is 4.24. The van der Waals surface area contributed by atoms with E-state index in [-0.39, 0.29) is 124 Å². The standard InChI is InChI=1S/C18H30O.C16H26O.4Na.4H/c1-2-3-4-5-6-7-8-9-10-14-17-19-18-15-12-11-13-16-18;1-2-3-4-5-6-7-8-12-15-17-16-13-10-9-11-14-16;;;;;;;;/h11-13,15-16H,2-10,14,17H2,1H3;9-11,13-14H,2-8,12,15H2,1H3;;;;;;;;/q;;4*+1;4*-1. The zero-order valence-electron chi connectivity index (χ0n) is 31.7. The number of hydrogen-bond donors (Lipinski definition) is 0. The van der Waals surface area contributed by atoms with Gasteiger partial charge in [0.25, 0.3) is 0 Å². The van der Waals surface area contributed by atoms with Crippen molar-refractivity contribution >= 4 is 0 Å². The van der Waals surface area contributed by atoms with Gasteiger partial charge >= 0.3 is 118 Å². The van der Waals surface area contributed by atoms with Crippen LogP contribution in [-0.2, 0) is 0 Å². The second-order valence-corrected chi connectivity index (χ2v) is 9.98. The zero-order chi connectivity index (χ0) is 25.8. The van der Waals surface area contributed by atoms with Crippen molar-refractivity contribution in [1.29, 1.82) is 0 Å². The fraction of sp³-hybridized carbons (Fsp3) is 0.647. The summed E-state index contributed by atoms with van der Waals surface area (Å²) >= 11 is 0. The number of unbranched alkanes of at least 4 members (excludes halogenated alkanes) is 16. The third kappa shape index (κ3) is 34.5. The van der Waals surface area contributed by atoms with Gasteiger partial charge in [0, 0.05) is 0 Å². The monoisotopic (exact) mass is 592 g/mol. The van der Waals surface area contributed by atoms with Crippen LogP contribution in [0.4, 0.5) is 0 Å². The fourth-order valence-corrected chi connectivity index (χ4v) is 4.24. The summed E-state index contributed by atoms with van der Waals surface area (Å²) in [5.74, 6) is 1.99. The van der Waals surface area contributed by atoms with Gasteiger partial charge in [-0.05, 0) is 37.1 Å². The first kappa shape index (κ1) is 48.9. The summed E-state index contributed by atoms with van der Waals surface area (Å²) in [6, 6.07) is 20.2. The van der Waals surface area contributed by atoms with Gasteiger partial charge in [0.05, 0.1) is 13.2 Å². The van der Waals surface area contributed by atoms with Gasteiger partial charge in [-0.15, -0.1) is 0 Å². The molecule has 0 aromatic heterocycles. The molecule has 2 aromatic rings. The Morgan fingerprint density at radius 2 is 0.625 bits per heavy atom. The molecule has 0 radical (unpaired) electrons. The Kier molecular flexibility index (Phi) is 50.2. The number of para-hydroxylation sites is 2. The van der Waals surface area contributed by atoms with Gasteiger partial charge in [-0.3, -0.25) is 0 Å². The molecule has 0 atom stereocenters. The molecule has 0 aliphatic rings. The van der Waals surface area contributed by atoms with Gasteiger partial charge < -0.3 is 15.2 Å². The molecule has 2 rings (SSSR count). The summed E-state index contributed by atoms with van der Waals surface area (Å²) in [7, 11) is 0. The summed E-state index contributed by atoms with van der Waals surface area (Å²) in [6.45, 7) is 6.26. The summed E-state index contributed by atoms with van der Waals surface area (Å²) in [4.78, 5) is 0. The van der Waals surface area contributed by atoms with Crippen molar-refractivity contribution in [1.82, 2.24) is 0 Å².